The molecule has 6 nitrogen and oxygen atoms in total. The van der Waals surface area contributed by atoms with Crippen LogP contribution in [0.2, 0.25) is 0 Å². The molecule has 2 N–H and O–H groups in total. The van der Waals surface area contributed by atoms with Crippen molar-refractivity contribution < 1.29 is 4.39 Å². The van der Waals surface area contributed by atoms with Crippen LogP contribution in [0.25, 0.3) is 16.7 Å². The molecule has 130 valence electrons. The van der Waals surface area contributed by atoms with E-state index in [0.29, 0.717) is 17.1 Å². The number of rotatable bonds is 1. The predicted octanol–water partition coefficient (Wildman–Crippen LogP) is 3.85. The molecule has 0 saturated carbocycles. The summed E-state index contributed by atoms with van der Waals surface area (Å²) in [6.07, 6.45) is 3.59. The first kappa shape index (κ1) is 15.5. The van der Waals surface area contributed by atoms with Crippen molar-refractivity contribution in [1.82, 2.24) is 19.6 Å². The number of nitrogen functional groups attached to an aromatic ring is 1. The van der Waals surface area contributed by atoms with Crippen LogP contribution in [0.4, 0.5) is 21.7 Å². The molecule has 2 aromatic heterocycles. The molecular weight excluding hydrogens is 399 g/mol. The van der Waals surface area contributed by atoms with Crippen LogP contribution in [0.15, 0.2) is 41.0 Å². The largest absolute Gasteiger partial charge is 0.396 e. The monoisotopic (exact) mass is 412 g/mol. The highest BCUT2D eigenvalue weighted by atomic mass is 79.9. The summed E-state index contributed by atoms with van der Waals surface area (Å²) in [6.45, 7) is 0.817. The highest BCUT2D eigenvalue weighted by molar-refractivity contribution is 9.10. The van der Waals surface area contributed by atoms with Gasteiger partial charge in [0.2, 0.25) is 5.95 Å². The Balaban J connectivity index is 1.80. The van der Waals surface area contributed by atoms with Crippen LogP contribution in [0.5, 0.6) is 0 Å². The van der Waals surface area contributed by atoms with Gasteiger partial charge in [0.05, 0.1) is 11.2 Å². The molecule has 0 saturated heterocycles. The Kier molecular flexibility index (Phi) is 3.36. The van der Waals surface area contributed by atoms with E-state index in [2.05, 4.69) is 42.1 Å². The molecule has 3 heterocycles. The summed E-state index contributed by atoms with van der Waals surface area (Å²) in [4.78, 5) is 6.44. The fourth-order valence-electron chi connectivity index (χ4n) is 3.55. The zero-order valence-corrected chi connectivity index (χ0v) is 15.2. The molecule has 0 aliphatic carbocycles. The molecule has 1 aliphatic rings. The average molecular weight is 413 g/mol. The second kappa shape index (κ2) is 5.63. The molecule has 0 unspecified atom stereocenters. The van der Waals surface area contributed by atoms with E-state index in [9.17, 15) is 4.39 Å². The third-order valence-corrected chi connectivity index (χ3v) is 5.51. The highest BCUT2D eigenvalue weighted by Gasteiger charge is 2.24. The van der Waals surface area contributed by atoms with Gasteiger partial charge < -0.3 is 10.6 Å². The third-order valence-electron chi connectivity index (χ3n) is 4.77. The van der Waals surface area contributed by atoms with Crippen LogP contribution in [0, 0.1) is 5.82 Å². The Morgan fingerprint density at radius 1 is 1.19 bits per heavy atom. The van der Waals surface area contributed by atoms with Gasteiger partial charge in [-0.15, -0.1) is 10.2 Å². The minimum atomic E-state index is -0.458. The third kappa shape index (κ3) is 2.18. The quantitative estimate of drug-likeness (QED) is 0.480. The minimum absolute atomic E-state index is 0.0893. The second-order valence-electron chi connectivity index (χ2n) is 6.32. The molecule has 26 heavy (non-hydrogen) atoms. The van der Waals surface area contributed by atoms with E-state index >= 15 is 0 Å². The van der Waals surface area contributed by atoms with Crippen molar-refractivity contribution in [2.75, 3.05) is 17.2 Å². The molecule has 8 heteroatoms. The number of aromatic nitrogens is 4. The molecule has 1 aliphatic heterocycles. The Morgan fingerprint density at radius 3 is 2.96 bits per heavy atom. The summed E-state index contributed by atoms with van der Waals surface area (Å²) in [7, 11) is 0. The van der Waals surface area contributed by atoms with Crippen molar-refractivity contribution in [1.29, 1.82) is 0 Å². The zero-order valence-electron chi connectivity index (χ0n) is 13.7. The Bertz CT molecular complexity index is 1170. The van der Waals surface area contributed by atoms with Gasteiger partial charge in [-0.1, -0.05) is 22.0 Å². The van der Waals surface area contributed by atoms with E-state index in [0.717, 1.165) is 35.1 Å². The van der Waals surface area contributed by atoms with Crippen molar-refractivity contribution in [2.24, 2.45) is 0 Å². The maximum Gasteiger partial charge on any atom is 0.256 e. The van der Waals surface area contributed by atoms with Gasteiger partial charge in [-0.2, -0.15) is 0 Å². The van der Waals surface area contributed by atoms with Gasteiger partial charge in [0.15, 0.2) is 0 Å². The highest BCUT2D eigenvalue weighted by Crippen LogP contribution is 2.37. The Morgan fingerprint density at radius 2 is 2.08 bits per heavy atom. The number of benzene rings is 2. The van der Waals surface area contributed by atoms with Gasteiger partial charge >= 0.3 is 0 Å². The lowest BCUT2D eigenvalue weighted by Gasteiger charge is -2.30. The van der Waals surface area contributed by atoms with Crippen molar-refractivity contribution in [3.63, 3.8) is 0 Å². The topological polar surface area (TPSA) is 72.3 Å². The molecule has 0 fully saturated rings. The van der Waals surface area contributed by atoms with Gasteiger partial charge in [-0.25, -0.2) is 13.8 Å². The SMILES string of the molecule is Nc1cc2c(cnc3nnc(N4CCCc5c(Br)cccc54)n32)cc1F. The molecule has 0 amide bonds. The van der Waals surface area contributed by atoms with Crippen molar-refractivity contribution in [3.05, 3.63) is 52.4 Å². The van der Waals surface area contributed by atoms with E-state index in [4.69, 9.17) is 5.73 Å². The van der Waals surface area contributed by atoms with Crippen molar-refractivity contribution in [3.8, 4) is 0 Å². The first-order chi connectivity index (χ1) is 12.6. The summed E-state index contributed by atoms with van der Waals surface area (Å²) < 4.78 is 16.8. The summed E-state index contributed by atoms with van der Waals surface area (Å²) in [5.41, 5.74) is 8.96. The number of halogens is 2. The number of nitrogens with two attached hydrogens (primary N) is 1. The lowest BCUT2D eigenvalue weighted by atomic mass is 10.0. The normalized spacial score (nSPS) is 14.2. The van der Waals surface area contributed by atoms with Gasteiger partial charge in [-0.05, 0) is 42.7 Å². The summed E-state index contributed by atoms with van der Waals surface area (Å²) in [6, 6.07) is 9.13. The van der Waals surface area contributed by atoms with Crippen LogP contribution in [-0.2, 0) is 6.42 Å². The average Bonchev–Trinajstić information content (AvgIpc) is 3.07. The molecule has 2 aromatic carbocycles. The lowest BCUT2D eigenvalue weighted by Crippen LogP contribution is -2.26. The smallest absolute Gasteiger partial charge is 0.256 e. The fraction of sp³-hybridized carbons (Fsp3) is 0.167. The van der Waals surface area contributed by atoms with E-state index < -0.39 is 5.82 Å². The van der Waals surface area contributed by atoms with E-state index in [1.165, 1.54) is 11.6 Å². The first-order valence-electron chi connectivity index (χ1n) is 8.27. The van der Waals surface area contributed by atoms with Crippen molar-refractivity contribution in [2.45, 2.75) is 12.8 Å². The van der Waals surface area contributed by atoms with E-state index in [1.54, 1.807) is 12.3 Å². The predicted molar refractivity (Wildman–Crippen MR) is 102 cm³/mol. The van der Waals surface area contributed by atoms with Crippen LogP contribution in [0.3, 0.4) is 0 Å². The molecular formula is C18H14BrFN6. The standard InChI is InChI=1S/C18H14BrFN6/c19-12-4-1-5-15-11(12)3-2-6-25(15)18-24-23-17-22-9-10-7-13(20)14(21)8-16(10)26(17)18/h1,4-5,7-9H,2-3,6,21H2. The molecule has 0 atom stereocenters. The number of anilines is 3. The Hall–Kier alpha value is -2.74. The van der Waals surface area contributed by atoms with E-state index in [1.807, 2.05) is 16.5 Å². The summed E-state index contributed by atoms with van der Waals surface area (Å²) >= 11 is 3.64. The maximum absolute atomic E-state index is 13.9. The zero-order chi connectivity index (χ0) is 17.8. The number of hydrogen-bond acceptors (Lipinski definition) is 5. The Labute approximate surface area is 156 Å². The van der Waals surface area contributed by atoms with Crippen LogP contribution >= 0.6 is 15.9 Å². The first-order valence-corrected chi connectivity index (χ1v) is 9.06. The second-order valence-corrected chi connectivity index (χ2v) is 7.17. The minimum Gasteiger partial charge on any atom is -0.396 e. The summed E-state index contributed by atoms with van der Waals surface area (Å²) in [5, 5.41) is 9.23. The lowest BCUT2D eigenvalue weighted by molar-refractivity contribution is 0.634. The van der Waals surface area contributed by atoms with Gasteiger partial charge in [0.25, 0.3) is 5.78 Å². The molecule has 0 spiro atoms. The van der Waals surface area contributed by atoms with Gasteiger partial charge in [0.1, 0.15) is 5.82 Å². The van der Waals surface area contributed by atoms with Crippen LogP contribution in [-0.4, -0.2) is 26.1 Å². The molecule has 0 bridgehead atoms. The summed E-state index contributed by atoms with van der Waals surface area (Å²) in [5.74, 6) is 0.657. The number of hydrogen-bond donors (Lipinski definition) is 1. The van der Waals surface area contributed by atoms with Crippen LogP contribution < -0.4 is 10.6 Å². The van der Waals surface area contributed by atoms with Crippen LogP contribution in [0.1, 0.15) is 12.0 Å². The maximum atomic E-state index is 13.9. The van der Waals surface area contributed by atoms with Crippen molar-refractivity contribution >= 4 is 49.9 Å². The molecule has 5 rings (SSSR count). The molecule has 0 radical (unpaired) electrons. The number of fused-ring (bicyclic) bond motifs is 4. The number of nitrogens with zero attached hydrogens (tertiary/aromatic N) is 5. The van der Waals surface area contributed by atoms with E-state index in [-0.39, 0.29) is 5.69 Å². The van der Waals surface area contributed by atoms with Gasteiger partial charge in [-0.3, -0.25) is 0 Å². The fourth-order valence-corrected chi connectivity index (χ4v) is 4.10. The van der Waals surface area contributed by atoms with Gasteiger partial charge in [0, 0.05) is 28.3 Å². The molecule has 4 aromatic rings.